The predicted octanol–water partition coefficient (Wildman–Crippen LogP) is 1.14. The topological polar surface area (TPSA) is 70.0 Å². The summed E-state index contributed by atoms with van der Waals surface area (Å²) in [7, 11) is 0. The minimum atomic E-state index is -1.46. The van der Waals surface area contributed by atoms with Crippen molar-refractivity contribution in [1.29, 1.82) is 0 Å². The molecule has 1 fully saturated rings. The number of amides is 1. The monoisotopic (exact) mass is 265 g/mol. The number of nitrogens with zero attached hydrogens (tertiary/aromatic N) is 1. The number of β-amino-alcohol motifs (C(OH)–C–C–N with tert-alkyl or cyclic N) is 1. The van der Waals surface area contributed by atoms with Crippen molar-refractivity contribution in [2.24, 2.45) is 0 Å². The molecule has 2 atom stereocenters. The Kier molecular flexibility index (Phi) is 3.52. The lowest BCUT2D eigenvalue weighted by Gasteiger charge is -2.37. The van der Waals surface area contributed by atoms with E-state index >= 15 is 0 Å². The highest BCUT2D eigenvalue weighted by Crippen LogP contribution is 2.39. The zero-order valence-electron chi connectivity index (χ0n) is 11.2. The Labute approximate surface area is 112 Å². The molecule has 104 valence electrons. The summed E-state index contributed by atoms with van der Waals surface area (Å²) in [4.78, 5) is 13.0. The van der Waals surface area contributed by atoms with Gasteiger partial charge in [0.25, 0.3) is 0 Å². The summed E-state index contributed by atoms with van der Waals surface area (Å²) < 4.78 is 5.36. The van der Waals surface area contributed by atoms with Crippen molar-refractivity contribution >= 4 is 6.09 Å². The third-order valence-corrected chi connectivity index (χ3v) is 3.77. The number of aliphatic hydroxyl groups excluding tert-OH is 1. The maximum atomic E-state index is 11.8. The third-order valence-electron chi connectivity index (χ3n) is 3.77. The summed E-state index contributed by atoms with van der Waals surface area (Å²) in [6.07, 6.45) is -0.188. The van der Waals surface area contributed by atoms with Crippen LogP contribution < -0.4 is 0 Å². The highest BCUT2D eigenvalue weighted by molar-refractivity contribution is 5.72. The van der Waals surface area contributed by atoms with Gasteiger partial charge in [0.05, 0.1) is 13.2 Å². The molecular formula is C14H19NO4. The predicted molar refractivity (Wildman–Crippen MR) is 69.4 cm³/mol. The molecule has 1 aromatic carbocycles. The van der Waals surface area contributed by atoms with E-state index in [1.165, 1.54) is 6.92 Å². The minimum absolute atomic E-state index is 0.0518. The van der Waals surface area contributed by atoms with Crippen molar-refractivity contribution in [1.82, 2.24) is 4.90 Å². The molecule has 0 spiro atoms. The van der Waals surface area contributed by atoms with Crippen molar-refractivity contribution in [3.63, 3.8) is 0 Å². The SMILES string of the molecule is CC1(Cc2ccccc2)OC(=O)N(CCO)C1(C)O. The molecular weight excluding hydrogens is 246 g/mol. The van der Waals surface area contributed by atoms with Gasteiger partial charge in [-0.25, -0.2) is 4.79 Å². The molecule has 2 rings (SSSR count). The highest BCUT2D eigenvalue weighted by Gasteiger charge is 2.58. The number of cyclic esters (lactones) is 1. The zero-order valence-corrected chi connectivity index (χ0v) is 11.2. The van der Waals surface area contributed by atoms with Gasteiger partial charge in [0.1, 0.15) is 0 Å². The maximum absolute atomic E-state index is 11.8. The highest BCUT2D eigenvalue weighted by atomic mass is 16.6. The first-order valence-electron chi connectivity index (χ1n) is 6.28. The number of carbonyl (C=O) groups is 1. The lowest BCUT2D eigenvalue weighted by molar-refractivity contribution is -0.137. The third kappa shape index (κ3) is 2.31. The number of rotatable bonds is 4. The van der Waals surface area contributed by atoms with Crippen molar-refractivity contribution in [3.8, 4) is 0 Å². The Morgan fingerprint density at radius 3 is 2.47 bits per heavy atom. The zero-order chi connectivity index (χ0) is 14.1. The Morgan fingerprint density at radius 1 is 1.26 bits per heavy atom. The van der Waals surface area contributed by atoms with Crippen molar-refractivity contribution in [2.45, 2.75) is 31.6 Å². The van der Waals surface area contributed by atoms with Crippen LogP contribution in [0.3, 0.4) is 0 Å². The van der Waals surface area contributed by atoms with E-state index in [2.05, 4.69) is 0 Å². The molecule has 0 radical (unpaired) electrons. The van der Waals surface area contributed by atoms with Crippen LogP contribution in [-0.2, 0) is 11.2 Å². The Bertz CT molecular complexity index is 460. The fraction of sp³-hybridized carbons (Fsp3) is 0.500. The summed E-state index contributed by atoms with van der Waals surface area (Å²) in [6.45, 7) is 3.08. The standard InChI is InChI=1S/C14H19NO4/c1-13(10-11-6-4-3-5-7-11)14(2,18)15(8-9-16)12(17)19-13/h3-7,16,18H,8-10H2,1-2H3. The molecule has 0 bridgehead atoms. The number of carbonyl (C=O) groups excluding carboxylic acids is 1. The summed E-state index contributed by atoms with van der Waals surface area (Å²) in [6, 6.07) is 9.54. The van der Waals surface area contributed by atoms with E-state index in [9.17, 15) is 9.90 Å². The summed E-state index contributed by atoms with van der Waals surface area (Å²) in [5.41, 5.74) is -1.52. The summed E-state index contributed by atoms with van der Waals surface area (Å²) in [5.74, 6) is 0. The molecule has 2 unspecified atom stereocenters. The van der Waals surface area contributed by atoms with Gasteiger partial charge in [-0.3, -0.25) is 4.90 Å². The van der Waals surface area contributed by atoms with E-state index in [0.29, 0.717) is 6.42 Å². The molecule has 19 heavy (non-hydrogen) atoms. The second kappa shape index (κ2) is 4.83. The van der Waals surface area contributed by atoms with Gasteiger partial charge < -0.3 is 14.9 Å². The molecule has 2 N–H and O–H groups in total. The van der Waals surface area contributed by atoms with E-state index in [4.69, 9.17) is 9.84 Å². The van der Waals surface area contributed by atoms with E-state index in [-0.39, 0.29) is 13.2 Å². The van der Waals surface area contributed by atoms with Crippen LogP contribution in [0, 0.1) is 0 Å². The molecule has 1 heterocycles. The molecule has 0 aromatic heterocycles. The smallest absolute Gasteiger partial charge is 0.412 e. The largest absolute Gasteiger partial charge is 0.438 e. The molecule has 1 aliphatic rings. The Morgan fingerprint density at radius 2 is 1.89 bits per heavy atom. The number of hydrogen-bond donors (Lipinski definition) is 2. The van der Waals surface area contributed by atoms with Crippen LogP contribution in [0.25, 0.3) is 0 Å². The van der Waals surface area contributed by atoms with Crippen LogP contribution in [0.2, 0.25) is 0 Å². The van der Waals surface area contributed by atoms with Gasteiger partial charge in [-0.2, -0.15) is 0 Å². The first kappa shape index (κ1) is 13.8. The van der Waals surface area contributed by atoms with E-state index in [1.54, 1.807) is 6.92 Å². The lowest BCUT2D eigenvalue weighted by atomic mass is 9.87. The molecule has 1 aliphatic heterocycles. The normalized spacial score (nSPS) is 30.5. The molecule has 5 heteroatoms. The maximum Gasteiger partial charge on any atom is 0.412 e. The van der Waals surface area contributed by atoms with Gasteiger partial charge in [0.15, 0.2) is 11.3 Å². The van der Waals surface area contributed by atoms with Gasteiger partial charge in [-0.1, -0.05) is 30.3 Å². The average molecular weight is 265 g/mol. The molecule has 1 saturated heterocycles. The molecule has 0 saturated carbocycles. The Hall–Kier alpha value is -1.59. The number of aliphatic hydroxyl groups is 2. The van der Waals surface area contributed by atoms with Crippen LogP contribution in [0.5, 0.6) is 0 Å². The van der Waals surface area contributed by atoms with Crippen molar-refractivity contribution < 1.29 is 19.7 Å². The molecule has 5 nitrogen and oxygen atoms in total. The lowest BCUT2D eigenvalue weighted by Crippen LogP contribution is -2.56. The summed E-state index contributed by atoms with van der Waals surface area (Å²) >= 11 is 0. The number of benzene rings is 1. The Balaban J connectivity index is 2.26. The van der Waals surface area contributed by atoms with E-state index < -0.39 is 17.4 Å². The van der Waals surface area contributed by atoms with Crippen LogP contribution in [-0.4, -0.2) is 45.7 Å². The minimum Gasteiger partial charge on any atom is -0.438 e. The van der Waals surface area contributed by atoms with Gasteiger partial charge in [-0.05, 0) is 19.4 Å². The van der Waals surface area contributed by atoms with Gasteiger partial charge in [-0.15, -0.1) is 0 Å². The quantitative estimate of drug-likeness (QED) is 0.856. The molecule has 0 aliphatic carbocycles. The van der Waals surface area contributed by atoms with Crippen LogP contribution in [0.15, 0.2) is 30.3 Å². The fourth-order valence-corrected chi connectivity index (χ4v) is 2.41. The number of ether oxygens (including phenoxy) is 1. The van der Waals surface area contributed by atoms with Crippen LogP contribution in [0.1, 0.15) is 19.4 Å². The molecule has 1 amide bonds. The first-order valence-corrected chi connectivity index (χ1v) is 6.28. The first-order chi connectivity index (χ1) is 8.90. The molecule has 1 aromatic rings. The van der Waals surface area contributed by atoms with E-state index in [1.807, 2.05) is 30.3 Å². The van der Waals surface area contributed by atoms with Crippen LogP contribution >= 0.6 is 0 Å². The van der Waals surface area contributed by atoms with Gasteiger partial charge in [0, 0.05) is 6.42 Å². The average Bonchev–Trinajstić information content (AvgIpc) is 2.51. The van der Waals surface area contributed by atoms with E-state index in [0.717, 1.165) is 10.5 Å². The number of hydrogen-bond acceptors (Lipinski definition) is 4. The second-order valence-corrected chi connectivity index (χ2v) is 5.16. The summed E-state index contributed by atoms with van der Waals surface area (Å²) in [5, 5.41) is 19.6. The van der Waals surface area contributed by atoms with Crippen LogP contribution in [0.4, 0.5) is 4.79 Å². The van der Waals surface area contributed by atoms with Crippen molar-refractivity contribution in [2.75, 3.05) is 13.2 Å². The fourth-order valence-electron chi connectivity index (χ4n) is 2.41. The van der Waals surface area contributed by atoms with Gasteiger partial charge in [0.2, 0.25) is 0 Å². The second-order valence-electron chi connectivity index (χ2n) is 5.16. The van der Waals surface area contributed by atoms with Crippen molar-refractivity contribution in [3.05, 3.63) is 35.9 Å². The van der Waals surface area contributed by atoms with Gasteiger partial charge >= 0.3 is 6.09 Å².